The zero-order valence-electron chi connectivity index (χ0n) is 10.5. The molecule has 0 radical (unpaired) electrons. The van der Waals surface area contributed by atoms with Crippen molar-refractivity contribution in [3.05, 3.63) is 46.1 Å². The van der Waals surface area contributed by atoms with Crippen molar-refractivity contribution < 1.29 is 14.6 Å². The fourth-order valence-corrected chi connectivity index (χ4v) is 2.26. The minimum absolute atomic E-state index is 0.162. The van der Waals surface area contributed by atoms with Gasteiger partial charge in [0.05, 0.1) is 6.10 Å². The summed E-state index contributed by atoms with van der Waals surface area (Å²) >= 11 is 2.08. The van der Waals surface area contributed by atoms with Crippen LogP contribution in [0.1, 0.15) is 12.0 Å². The van der Waals surface area contributed by atoms with Crippen LogP contribution in [0.25, 0.3) is 0 Å². The van der Waals surface area contributed by atoms with Gasteiger partial charge < -0.3 is 14.6 Å². The molecule has 0 spiro atoms. The van der Waals surface area contributed by atoms with Crippen LogP contribution in [0.15, 0.2) is 40.5 Å². The summed E-state index contributed by atoms with van der Waals surface area (Å²) in [6, 6.07) is 10.1. The molecular formula is C14H19IO3. The van der Waals surface area contributed by atoms with Crippen LogP contribution >= 0.6 is 22.6 Å². The zero-order chi connectivity index (χ0) is 13.4. The molecule has 100 valence electrons. The van der Waals surface area contributed by atoms with Crippen LogP contribution in [-0.4, -0.2) is 31.2 Å². The van der Waals surface area contributed by atoms with Gasteiger partial charge in [-0.3, -0.25) is 0 Å². The van der Waals surface area contributed by atoms with Crippen LogP contribution < -0.4 is 0 Å². The predicted octanol–water partition coefficient (Wildman–Crippen LogP) is 2.92. The summed E-state index contributed by atoms with van der Waals surface area (Å²) in [4.78, 5) is 0. The molecule has 3 nitrogen and oxygen atoms in total. The molecule has 0 bridgehead atoms. The van der Waals surface area contributed by atoms with Crippen molar-refractivity contribution in [2.45, 2.75) is 25.0 Å². The second-order valence-corrected chi connectivity index (χ2v) is 5.42. The number of hydrogen-bond donors (Lipinski definition) is 1. The molecular weight excluding hydrogens is 343 g/mol. The van der Waals surface area contributed by atoms with Crippen molar-refractivity contribution >= 4 is 22.6 Å². The zero-order valence-corrected chi connectivity index (χ0v) is 12.7. The molecule has 0 saturated heterocycles. The first-order valence-corrected chi connectivity index (χ1v) is 6.90. The highest BCUT2D eigenvalue weighted by Crippen LogP contribution is 2.19. The van der Waals surface area contributed by atoms with Gasteiger partial charge in [-0.2, -0.15) is 0 Å². The number of rotatable bonds is 8. The predicted molar refractivity (Wildman–Crippen MR) is 80.7 cm³/mol. The number of methoxy groups -OCH3 is 1. The molecule has 0 aliphatic rings. The fraction of sp³-hybridized carbons (Fsp3) is 0.429. The number of halogens is 1. The third kappa shape index (κ3) is 5.48. The first-order chi connectivity index (χ1) is 8.65. The Morgan fingerprint density at radius 2 is 2.06 bits per heavy atom. The van der Waals surface area contributed by atoms with Gasteiger partial charge in [-0.25, -0.2) is 0 Å². The van der Waals surface area contributed by atoms with E-state index in [1.54, 1.807) is 7.11 Å². The smallest absolute Gasteiger partial charge is 0.147 e. The van der Waals surface area contributed by atoms with Crippen LogP contribution in [0.3, 0.4) is 0 Å². The Hall–Kier alpha value is -0.430. The molecule has 0 aromatic heterocycles. The lowest BCUT2D eigenvalue weighted by Gasteiger charge is -2.22. The van der Waals surface area contributed by atoms with Gasteiger partial charge in [0.1, 0.15) is 12.9 Å². The Balaban J connectivity index is 2.46. The van der Waals surface area contributed by atoms with Crippen LogP contribution in [0.5, 0.6) is 0 Å². The van der Waals surface area contributed by atoms with Gasteiger partial charge in [0.2, 0.25) is 0 Å². The molecule has 0 saturated carbocycles. The number of aryl methyl sites for hydroxylation is 1. The maximum atomic E-state index is 10.1. The van der Waals surface area contributed by atoms with Gasteiger partial charge >= 0.3 is 0 Å². The van der Waals surface area contributed by atoms with Crippen molar-refractivity contribution in [2.24, 2.45) is 0 Å². The van der Waals surface area contributed by atoms with Gasteiger partial charge in [0, 0.05) is 10.7 Å². The van der Waals surface area contributed by atoms with E-state index >= 15 is 0 Å². The highest BCUT2D eigenvalue weighted by atomic mass is 127. The van der Waals surface area contributed by atoms with Gasteiger partial charge in [0.25, 0.3) is 0 Å². The summed E-state index contributed by atoms with van der Waals surface area (Å²) in [7, 11) is 1.56. The van der Waals surface area contributed by atoms with E-state index in [1.807, 2.05) is 18.2 Å². The van der Waals surface area contributed by atoms with Crippen molar-refractivity contribution in [1.29, 1.82) is 0 Å². The van der Waals surface area contributed by atoms with E-state index < -0.39 is 6.10 Å². The maximum absolute atomic E-state index is 10.1. The van der Waals surface area contributed by atoms with Crippen LogP contribution in [-0.2, 0) is 15.9 Å². The largest absolute Gasteiger partial charge is 0.390 e. The van der Waals surface area contributed by atoms with E-state index in [2.05, 4.69) is 41.3 Å². The standard InChI is InChI=1S/C14H19IO3/c1-11(15)14(18-10-17-2)13(16)9-8-12-6-4-3-5-7-12/h3-7,13-14,16H,1,8-10H2,2H3/t13-,14-/m0/s1. The lowest BCUT2D eigenvalue weighted by molar-refractivity contribution is -0.0948. The lowest BCUT2D eigenvalue weighted by atomic mass is 10.0. The van der Waals surface area contributed by atoms with E-state index in [4.69, 9.17) is 9.47 Å². The quantitative estimate of drug-likeness (QED) is 0.571. The summed E-state index contributed by atoms with van der Waals surface area (Å²) in [5.41, 5.74) is 1.21. The molecule has 2 atom stereocenters. The SMILES string of the molecule is C=C(I)[C@H](OCOC)[C@@H](O)CCc1ccccc1. The molecule has 0 aliphatic carbocycles. The van der Waals surface area contributed by atoms with E-state index in [0.717, 1.165) is 10.0 Å². The van der Waals surface area contributed by atoms with Crippen LogP contribution in [0.2, 0.25) is 0 Å². The summed E-state index contributed by atoms with van der Waals surface area (Å²) in [5.74, 6) is 0. The minimum atomic E-state index is -0.565. The van der Waals surface area contributed by atoms with Gasteiger partial charge in [-0.05, 0) is 41.0 Å². The summed E-state index contributed by atoms with van der Waals surface area (Å²) in [6.07, 6.45) is 0.512. The van der Waals surface area contributed by atoms with E-state index in [-0.39, 0.29) is 12.9 Å². The van der Waals surface area contributed by atoms with Crippen molar-refractivity contribution in [3.63, 3.8) is 0 Å². The number of aliphatic hydroxyl groups is 1. The maximum Gasteiger partial charge on any atom is 0.147 e. The molecule has 0 fully saturated rings. The van der Waals surface area contributed by atoms with E-state index in [1.165, 1.54) is 5.56 Å². The average molecular weight is 362 g/mol. The summed E-state index contributed by atoms with van der Waals surface area (Å²) in [6.45, 7) is 3.99. The average Bonchev–Trinajstić information content (AvgIpc) is 2.37. The Morgan fingerprint density at radius 1 is 1.39 bits per heavy atom. The topological polar surface area (TPSA) is 38.7 Å². The van der Waals surface area contributed by atoms with E-state index in [0.29, 0.717) is 6.42 Å². The number of benzene rings is 1. The minimum Gasteiger partial charge on any atom is -0.390 e. The molecule has 1 rings (SSSR count). The molecule has 4 heteroatoms. The monoisotopic (exact) mass is 362 g/mol. The van der Waals surface area contributed by atoms with Crippen LogP contribution in [0, 0.1) is 0 Å². The van der Waals surface area contributed by atoms with Gasteiger partial charge in [-0.1, -0.05) is 36.9 Å². The first kappa shape index (κ1) is 15.6. The molecule has 1 aromatic rings. The van der Waals surface area contributed by atoms with Crippen molar-refractivity contribution in [2.75, 3.05) is 13.9 Å². The summed E-state index contributed by atoms with van der Waals surface area (Å²) < 4.78 is 11.1. The molecule has 0 unspecified atom stereocenters. The lowest BCUT2D eigenvalue weighted by Crippen LogP contribution is -2.30. The molecule has 18 heavy (non-hydrogen) atoms. The normalized spacial score (nSPS) is 14.2. The Kier molecular flexibility index (Phi) is 7.50. The first-order valence-electron chi connectivity index (χ1n) is 5.82. The number of ether oxygens (including phenoxy) is 2. The highest BCUT2D eigenvalue weighted by Gasteiger charge is 2.21. The third-order valence-electron chi connectivity index (χ3n) is 2.60. The third-order valence-corrected chi connectivity index (χ3v) is 3.21. The van der Waals surface area contributed by atoms with Crippen LogP contribution in [0.4, 0.5) is 0 Å². The van der Waals surface area contributed by atoms with E-state index in [9.17, 15) is 5.11 Å². The second-order valence-electron chi connectivity index (χ2n) is 4.03. The molecule has 1 N–H and O–H groups in total. The Bertz CT molecular complexity index is 353. The fourth-order valence-electron chi connectivity index (χ4n) is 1.66. The van der Waals surface area contributed by atoms with Crippen molar-refractivity contribution in [1.82, 2.24) is 0 Å². The van der Waals surface area contributed by atoms with Gasteiger partial charge in [-0.15, -0.1) is 0 Å². The van der Waals surface area contributed by atoms with Crippen molar-refractivity contribution in [3.8, 4) is 0 Å². The molecule has 0 heterocycles. The summed E-state index contributed by atoms with van der Waals surface area (Å²) in [5, 5.41) is 10.1. The Morgan fingerprint density at radius 3 is 2.61 bits per heavy atom. The highest BCUT2D eigenvalue weighted by molar-refractivity contribution is 14.1. The molecule has 0 amide bonds. The number of aliphatic hydroxyl groups excluding tert-OH is 1. The Labute approximate surface area is 122 Å². The second kappa shape index (κ2) is 8.63. The molecule has 0 aliphatic heterocycles. The van der Waals surface area contributed by atoms with Gasteiger partial charge in [0.15, 0.2) is 0 Å². The molecule has 1 aromatic carbocycles. The number of hydrogen-bond acceptors (Lipinski definition) is 3.